The molecule has 4 nitrogen and oxygen atoms in total. The number of hydrogen-bond donors (Lipinski definition) is 0. The van der Waals surface area contributed by atoms with Crippen LogP contribution >= 0.6 is 22.7 Å². The number of furan rings is 2. The Balaban J connectivity index is 0.000000141. The monoisotopic (exact) mass is 1660 g/mol. The Labute approximate surface area is 746 Å². The molecule has 0 aliphatic heterocycles. The SMILES string of the molecule is c1ccc(-c2ccc(-c3ccc(N(c4ccc(-c5cccc6c5oc5c7ccccc7ccc65)cc4)c4ccc(-c5c6ccccc6cc6sc7c8ccccc8ccc7c56)cc4)cc3)cc2)cc1.c1ccc(-c2ccc(N(c3ccc(-c4cccc5c4oc4ccc6ccccc6c45)cc3)c3ccc(-c4cc5ccccc5c5c4sc4ccccc45)cc3)cc2)cc1. The Kier molecular flexibility index (Phi) is 18.0. The Morgan fingerprint density at radius 1 is 0.172 bits per heavy atom. The molecule has 0 saturated heterocycles. The van der Waals surface area contributed by atoms with Crippen molar-refractivity contribution in [1.82, 2.24) is 0 Å². The fourth-order valence-corrected chi connectivity index (χ4v) is 22.3. The Morgan fingerprint density at radius 2 is 0.531 bits per heavy atom. The molecule has 26 rings (SSSR count). The molecule has 4 aromatic heterocycles. The zero-order valence-electron chi connectivity index (χ0n) is 69.4. The van der Waals surface area contributed by atoms with E-state index >= 15 is 0 Å². The van der Waals surface area contributed by atoms with E-state index in [1.54, 1.807) is 0 Å². The average Bonchev–Trinajstić information content (AvgIpc) is 1.57. The van der Waals surface area contributed by atoms with Crippen molar-refractivity contribution in [3.8, 4) is 77.9 Å². The molecule has 0 amide bonds. The summed E-state index contributed by atoms with van der Waals surface area (Å²) in [6.07, 6.45) is 0. The van der Waals surface area contributed by atoms with Crippen LogP contribution < -0.4 is 9.80 Å². The molecule has 0 spiro atoms. The van der Waals surface area contributed by atoms with Crippen molar-refractivity contribution in [2.45, 2.75) is 0 Å². The van der Waals surface area contributed by atoms with Crippen LogP contribution in [0.1, 0.15) is 0 Å². The highest BCUT2D eigenvalue weighted by Crippen LogP contribution is 2.51. The first-order chi connectivity index (χ1) is 63.4. The predicted octanol–water partition coefficient (Wildman–Crippen LogP) is 36.3. The molecule has 22 aromatic carbocycles. The maximum absolute atomic E-state index is 6.77. The van der Waals surface area contributed by atoms with Crippen molar-refractivity contribution >= 4 is 195 Å². The molecule has 4 heterocycles. The minimum Gasteiger partial charge on any atom is -0.455 e. The Bertz CT molecular complexity index is 8820. The molecule has 128 heavy (non-hydrogen) atoms. The lowest BCUT2D eigenvalue weighted by Crippen LogP contribution is -2.09. The van der Waals surface area contributed by atoms with Gasteiger partial charge in [0.1, 0.15) is 22.3 Å². The van der Waals surface area contributed by atoms with Gasteiger partial charge in [0.15, 0.2) is 0 Å². The van der Waals surface area contributed by atoms with E-state index in [9.17, 15) is 0 Å². The number of nitrogens with zero attached hydrogens (tertiary/aromatic N) is 2. The second kappa shape index (κ2) is 30.9. The van der Waals surface area contributed by atoms with Gasteiger partial charge in [0, 0.05) is 118 Å². The number of rotatable bonds is 13. The van der Waals surface area contributed by atoms with Crippen molar-refractivity contribution < 1.29 is 8.83 Å². The van der Waals surface area contributed by atoms with Gasteiger partial charge in [-0.1, -0.05) is 358 Å². The Hall–Kier alpha value is -16.2. The molecule has 0 radical (unpaired) electrons. The van der Waals surface area contributed by atoms with Gasteiger partial charge in [-0.15, -0.1) is 22.7 Å². The van der Waals surface area contributed by atoms with Gasteiger partial charge in [-0.25, -0.2) is 0 Å². The van der Waals surface area contributed by atoms with E-state index in [-0.39, 0.29) is 0 Å². The maximum atomic E-state index is 6.77. The largest absolute Gasteiger partial charge is 0.455 e. The van der Waals surface area contributed by atoms with Crippen molar-refractivity contribution in [3.05, 3.63) is 461 Å². The standard InChI is InChI=1S/C66H41NOS.C56H35NOS/c1-2-11-42(12-3-1)43-21-23-44(24-22-43)45-25-33-51(34-26-45)67(52-35-27-48(28-36-52)56-19-10-20-58-59-39-31-46-13-4-8-17-55(46)65(59)68-64(56)58)53-37-29-49(30-38-53)62-54-16-7-6-15-50(54)41-61-63(62)60-40-32-47-14-5-9-18-57(47)66(60)69-61;1-2-11-36(12-3-1)37-21-28-42(29-22-37)57(43-30-23-39(24-31-43)47-18-10-19-49-53-45-15-6-4-13-38(45)27-34-51(53)58-55(47)49)44-32-25-40(26-33-44)50-35-41-14-5-7-16-46(41)54-48-17-8-9-20-52(48)59-56(50)54/h1-41H;1-35H. The minimum absolute atomic E-state index is 0.908. The minimum atomic E-state index is 0.908. The van der Waals surface area contributed by atoms with Crippen LogP contribution in [0.3, 0.4) is 0 Å². The van der Waals surface area contributed by atoms with Crippen LogP contribution in [-0.2, 0) is 0 Å². The number of anilines is 6. The molecule has 0 aliphatic carbocycles. The maximum Gasteiger partial charge on any atom is 0.143 e. The lowest BCUT2D eigenvalue weighted by Gasteiger charge is -2.26. The molecule has 0 fully saturated rings. The average molecular weight is 1670 g/mol. The van der Waals surface area contributed by atoms with Gasteiger partial charge in [0.25, 0.3) is 0 Å². The summed E-state index contributed by atoms with van der Waals surface area (Å²) in [6, 6.07) is 167. The summed E-state index contributed by atoms with van der Waals surface area (Å²) < 4.78 is 18.7. The number of fused-ring (bicyclic) bond motifs is 21. The zero-order chi connectivity index (χ0) is 84.3. The van der Waals surface area contributed by atoms with E-state index in [0.717, 1.165) is 100 Å². The molecule has 0 atom stereocenters. The first kappa shape index (κ1) is 74.4. The highest BCUT2D eigenvalue weighted by molar-refractivity contribution is 7.27. The first-order valence-electron chi connectivity index (χ1n) is 43.6. The van der Waals surface area contributed by atoms with Gasteiger partial charge in [-0.3, -0.25) is 0 Å². The third-order valence-corrected chi connectivity index (χ3v) is 28.3. The van der Waals surface area contributed by atoms with E-state index in [0.29, 0.717) is 0 Å². The third-order valence-electron chi connectivity index (χ3n) is 25.9. The van der Waals surface area contributed by atoms with Crippen LogP contribution in [0.15, 0.2) is 470 Å². The van der Waals surface area contributed by atoms with E-state index in [1.165, 1.54) is 150 Å². The molecule has 6 heteroatoms. The fraction of sp³-hybridized carbons (Fsp3) is 0. The summed E-state index contributed by atoms with van der Waals surface area (Å²) in [5.41, 5.74) is 26.7. The highest BCUT2D eigenvalue weighted by Gasteiger charge is 2.24. The normalized spacial score (nSPS) is 11.8. The number of thiophene rings is 2. The molecule has 0 bridgehead atoms. The lowest BCUT2D eigenvalue weighted by molar-refractivity contribution is 0.670. The highest BCUT2D eigenvalue weighted by atomic mass is 32.1. The zero-order valence-corrected chi connectivity index (χ0v) is 71.0. The lowest BCUT2D eigenvalue weighted by atomic mass is 9.92. The number of hydrogen-bond acceptors (Lipinski definition) is 6. The Morgan fingerprint density at radius 3 is 1.08 bits per heavy atom. The molecular weight excluding hydrogens is 1590 g/mol. The van der Waals surface area contributed by atoms with Crippen LogP contribution in [0.2, 0.25) is 0 Å². The van der Waals surface area contributed by atoms with Crippen LogP contribution in [0.4, 0.5) is 34.1 Å². The number of benzene rings is 22. The van der Waals surface area contributed by atoms with E-state index in [4.69, 9.17) is 8.83 Å². The molecule has 0 saturated carbocycles. The number of para-hydroxylation sites is 2. The fourth-order valence-electron chi connectivity index (χ4n) is 19.7. The van der Waals surface area contributed by atoms with Crippen molar-refractivity contribution in [3.63, 3.8) is 0 Å². The molecule has 0 aliphatic rings. The van der Waals surface area contributed by atoms with Crippen molar-refractivity contribution in [2.75, 3.05) is 9.80 Å². The van der Waals surface area contributed by atoms with Gasteiger partial charge < -0.3 is 18.6 Å². The smallest absolute Gasteiger partial charge is 0.143 e. The summed E-state index contributed by atoms with van der Waals surface area (Å²) in [7, 11) is 0. The van der Waals surface area contributed by atoms with E-state index in [1.807, 2.05) is 22.7 Å². The van der Waals surface area contributed by atoms with E-state index < -0.39 is 0 Å². The molecule has 0 N–H and O–H groups in total. The van der Waals surface area contributed by atoms with Gasteiger partial charge in [0.2, 0.25) is 0 Å². The van der Waals surface area contributed by atoms with Gasteiger partial charge in [0.05, 0.1) is 0 Å². The van der Waals surface area contributed by atoms with Gasteiger partial charge >= 0.3 is 0 Å². The van der Waals surface area contributed by atoms with Crippen LogP contribution in [0.5, 0.6) is 0 Å². The first-order valence-corrected chi connectivity index (χ1v) is 45.3. The molecular formula is C122H76N2O2S2. The predicted molar refractivity (Wildman–Crippen MR) is 548 cm³/mol. The van der Waals surface area contributed by atoms with Crippen LogP contribution in [0.25, 0.3) is 216 Å². The molecule has 0 unspecified atom stereocenters. The second-order valence-electron chi connectivity index (χ2n) is 33.2. The van der Waals surface area contributed by atoms with Crippen molar-refractivity contribution in [1.29, 1.82) is 0 Å². The quantitative estimate of drug-likeness (QED) is 0.115. The summed E-state index contributed by atoms with van der Waals surface area (Å²) >= 11 is 3.79. The van der Waals surface area contributed by atoms with Crippen LogP contribution in [-0.4, -0.2) is 0 Å². The van der Waals surface area contributed by atoms with Crippen molar-refractivity contribution in [2.24, 2.45) is 0 Å². The van der Waals surface area contributed by atoms with Gasteiger partial charge in [-0.2, -0.15) is 0 Å². The summed E-state index contributed by atoms with van der Waals surface area (Å²) in [6.45, 7) is 0. The van der Waals surface area contributed by atoms with Gasteiger partial charge in [-0.05, 0) is 213 Å². The molecule has 598 valence electrons. The molecule has 26 aromatic rings. The summed E-state index contributed by atoms with van der Waals surface area (Å²) in [5, 5.41) is 22.3. The third kappa shape index (κ3) is 12.8. The summed E-state index contributed by atoms with van der Waals surface area (Å²) in [4.78, 5) is 4.72. The van der Waals surface area contributed by atoms with Crippen LogP contribution in [0, 0.1) is 0 Å². The topological polar surface area (TPSA) is 32.8 Å². The second-order valence-corrected chi connectivity index (χ2v) is 35.3. The summed E-state index contributed by atoms with van der Waals surface area (Å²) in [5.74, 6) is 0. The van der Waals surface area contributed by atoms with E-state index in [2.05, 4.69) is 471 Å².